The van der Waals surface area contributed by atoms with Gasteiger partial charge >= 0.3 is 5.97 Å². The van der Waals surface area contributed by atoms with Gasteiger partial charge in [0.05, 0.1) is 27.5 Å². The number of carboxylic acids is 1. The van der Waals surface area contributed by atoms with E-state index in [1.807, 2.05) is 0 Å². The average molecular weight is 325 g/mol. The first-order chi connectivity index (χ1) is 9.88. The van der Waals surface area contributed by atoms with Gasteiger partial charge in [0.25, 0.3) is 5.91 Å². The molecule has 0 aliphatic heterocycles. The summed E-state index contributed by atoms with van der Waals surface area (Å²) in [6.45, 7) is 0. The summed E-state index contributed by atoms with van der Waals surface area (Å²) in [6.07, 6.45) is 0. The van der Waals surface area contributed by atoms with E-state index in [0.29, 0.717) is 16.4 Å². The van der Waals surface area contributed by atoms with Crippen molar-refractivity contribution in [2.45, 2.75) is 0 Å². The van der Waals surface area contributed by atoms with Crippen LogP contribution in [0, 0.1) is 0 Å². The first kappa shape index (κ1) is 15.2. The van der Waals surface area contributed by atoms with E-state index in [-0.39, 0.29) is 16.1 Å². The molecule has 2 rings (SSSR count). The van der Waals surface area contributed by atoms with Crippen LogP contribution in [0.3, 0.4) is 0 Å². The Bertz CT molecular complexity index is 732. The van der Waals surface area contributed by atoms with Crippen LogP contribution in [-0.2, 0) is 0 Å². The van der Waals surface area contributed by atoms with Crippen molar-refractivity contribution in [2.75, 3.05) is 5.32 Å². The lowest BCUT2D eigenvalue weighted by atomic mass is 10.1. The Kier molecular flexibility index (Phi) is 4.35. The Balaban J connectivity index is 2.39. The van der Waals surface area contributed by atoms with Crippen molar-refractivity contribution < 1.29 is 14.7 Å². The number of halogens is 2. The summed E-state index contributed by atoms with van der Waals surface area (Å²) in [7, 11) is 0. The van der Waals surface area contributed by atoms with Gasteiger partial charge in [0.1, 0.15) is 0 Å². The highest BCUT2D eigenvalue weighted by molar-refractivity contribution is 6.34. The van der Waals surface area contributed by atoms with Gasteiger partial charge in [0.15, 0.2) is 0 Å². The average Bonchev–Trinajstić information content (AvgIpc) is 2.42. The second kappa shape index (κ2) is 6.03. The molecule has 0 bridgehead atoms. The Morgan fingerprint density at radius 2 is 1.71 bits per heavy atom. The number of aromatic carboxylic acids is 1. The number of benzene rings is 2. The highest BCUT2D eigenvalue weighted by atomic mass is 35.5. The summed E-state index contributed by atoms with van der Waals surface area (Å²) >= 11 is 11.8. The van der Waals surface area contributed by atoms with Gasteiger partial charge in [-0.25, -0.2) is 4.79 Å². The number of nitrogens with two attached hydrogens (primary N) is 1. The lowest BCUT2D eigenvalue weighted by Crippen LogP contribution is -2.13. The van der Waals surface area contributed by atoms with Crippen molar-refractivity contribution in [3.63, 3.8) is 0 Å². The Morgan fingerprint density at radius 1 is 1.05 bits per heavy atom. The first-order valence-corrected chi connectivity index (χ1v) is 6.53. The lowest BCUT2D eigenvalue weighted by Gasteiger charge is -2.12. The number of amides is 1. The van der Waals surface area contributed by atoms with Crippen LogP contribution in [0.2, 0.25) is 10.0 Å². The number of nitrogens with one attached hydrogen (secondary N) is 1. The molecule has 0 atom stereocenters. The third-order valence-corrected chi connectivity index (χ3v) is 3.28. The molecule has 2 aromatic carbocycles. The number of carbonyl (C=O) groups excluding carboxylic acids is 1. The second-order valence-corrected chi connectivity index (χ2v) is 5.02. The van der Waals surface area contributed by atoms with Crippen LogP contribution in [0.25, 0.3) is 0 Å². The van der Waals surface area contributed by atoms with E-state index in [9.17, 15) is 9.59 Å². The molecule has 0 aromatic heterocycles. The maximum absolute atomic E-state index is 11.4. The maximum Gasteiger partial charge on any atom is 0.335 e. The minimum Gasteiger partial charge on any atom is -0.478 e. The highest BCUT2D eigenvalue weighted by Gasteiger charge is 2.12. The van der Waals surface area contributed by atoms with Crippen molar-refractivity contribution in [3.05, 3.63) is 57.6 Å². The van der Waals surface area contributed by atoms with Gasteiger partial charge in [0.2, 0.25) is 0 Å². The van der Waals surface area contributed by atoms with Crippen LogP contribution >= 0.6 is 23.2 Å². The largest absolute Gasteiger partial charge is 0.478 e. The first-order valence-electron chi connectivity index (χ1n) is 5.77. The summed E-state index contributed by atoms with van der Waals surface area (Å²) < 4.78 is 0. The summed E-state index contributed by atoms with van der Waals surface area (Å²) in [6, 6.07) is 8.83. The number of rotatable bonds is 4. The fraction of sp³-hybridized carbons (Fsp3) is 0. The smallest absolute Gasteiger partial charge is 0.335 e. The molecule has 2 aromatic rings. The summed E-state index contributed by atoms with van der Waals surface area (Å²) in [5, 5.41) is 12.4. The normalized spacial score (nSPS) is 10.2. The fourth-order valence-electron chi connectivity index (χ4n) is 1.72. The van der Waals surface area contributed by atoms with Crippen LogP contribution in [0.1, 0.15) is 20.7 Å². The van der Waals surface area contributed by atoms with Crippen LogP contribution in [0.4, 0.5) is 11.4 Å². The molecule has 0 radical (unpaired) electrons. The second-order valence-electron chi connectivity index (χ2n) is 4.18. The quantitative estimate of drug-likeness (QED) is 0.802. The zero-order valence-corrected chi connectivity index (χ0v) is 12.1. The van der Waals surface area contributed by atoms with Crippen molar-refractivity contribution in [3.8, 4) is 0 Å². The molecule has 7 heteroatoms. The highest BCUT2D eigenvalue weighted by Crippen LogP contribution is 2.29. The summed E-state index contributed by atoms with van der Waals surface area (Å²) in [5.41, 5.74) is 6.44. The van der Waals surface area contributed by atoms with Gasteiger partial charge in [-0.3, -0.25) is 4.79 Å². The molecule has 1 amide bonds. The number of carboxylic acid groups (broad SMARTS) is 1. The number of hydrogen-bond donors (Lipinski definition) is 3. The van der Waals surface area contributed by atoms with Gasteiger partial charge in [-0.05, 0) is 36.4 Å². The van der Waals surface area contributed by atoms with E-state index < -0.39 is 11.9 Å². The standard InChI is InChI=1S/C14H10Cl2N2O3/c15-8-2-4-11(9(6-8)13(17)19)18-12-3-1-7(14(20)21)5-10(12)16/h1-6,18H,(H2,17,19)(H,20,21). The molecular formula is C14H10Cl2N2O3. The summed E-state index contributed by atoms with van der Waals surface area (Å²) in [5.74, 6) is -1.72. The lowest BCUT2D eigenvalue weighted by molar-refractivity contribution is 0.0696. The van der Waals surface area contributed by atoms with Gasteiger partial charge < -0.3 is 16.2 Å². The monoisotopic (exact) mass is 324 g/mol. The predicted molar refractivity (Wildman–Crippen MR) is 81.7 cm³/mol. The minimum atomic E-state index is -1.08. The Hall–Kier alpha value is -2.24. The Labute approximate surface area is 130 Å². The van der Waals surface area contributed by atoms with Gasteiger partial charge in [-0.2, -0.15) is 0 Å². The van der Waals surface area contributed by atoms with Crippen molar-refractivity contribution in [1.82, 2.24) is 0 Å². The third kappa shape index (κ3) is 3.45. The zero-order chi connectivity index (χ0) is 15.6. The maximum atomic E-state index is 11.4. The van der Waals surface area contributed by atoms with Crippen LogP contribution in [-0.4, -0.2) is 17.0 Å². The molecule has 108 valence electrons. The van der Waals surface area contributed by atoms with E-state index in [4.69, 9.17) is 34.0 Å². The van der Waals surface area contributed by atoms with E-state index in [1.165, 1.54) is 24.3 Å². The zero-order valence-electron chi connectivity index (χ0n) is 10.6. The molecule has 5 nitrogen and oxygen atoms in total. The molecule has 4 N–H and O–H groups in total. The molecule has 0 saturated heterocycles. The molecule has 0 fully saturated rings. The number of carbonyl (C=O) groups is 2. The van der Waals surface area contributed by atoms with Gasteiger partial charge in [0, 0.05) is 5.02 Å². The van der Waals surface area contributed by atoms with Crippen molar-refractivity contribution >= 4 is 46.5 Å². The Morgan fingerprint density at radius 3 is 2.29 bits per heavy atom. The molecule has 0 saturated carbocycles. The third-order valence-electron chi connectivity index (χ3n) is 2.73. The molecule has 0 aliphatic carbocycles. The van der Waals surface area contributed by atoms with E-state index in [0.717, 1.165) is 0 Å². The molecular weight excluding hydrogens is 315 g/mol. The molecule has 0 heterocycles. The molecule has 0 spiro atoms. The van der Waals surface area contributed by atoms with E-state index >= 15 is 0 Å². The number of anilines is 2. The molecule has 0 unspecified atom stereocenters. The van der Waals surface area contributed by atoms with Gasteiger partial charge in [-0.1, -0.05) is 23.2 Å². The van der Waals surface area contributed by atoms with Crippen molar-refractivity contribution in [2.24, 2.45) is 5.73 Å². The topological polar surface area (TPSA) is 92.4 Å². The van der Waals surface area contributed by atoms with Crippen molar-refractivity contribution in [1.29, 1.82) is 0 Å². The fourth-order valence-corrected chi connectivity index (χ4v) is 2.12. The SMILES string of the molecule is NC(=O)c1cc(Cl)ccc1Nc1ccc(C(=O)O)cc1Cl. The number of hydrogen-bond acceptors (Lipinski definition) is 3. The van der Waals surface area contributed by atoms with Crippen LogP contribution in [0.15, 0.2) is 36.4 Å². The minimum absolute atomic E-state index is 0.0665. The summed E-state index contributed by atoms with van der Waals surface area (Å²) in [4.78, 5) is 22.3. The predicted octanol–water partition coefficient (Wildman–Crippen LogP) is 3.53. The molecule has 21 heavy (non-hydrogen) atoms. The van der Waals surface area contributed by atoms with E-state index in [2.05, 4.69) is 5.32 Å². The molecule has 0 aliphatic rings. The van der Waals surface area contributed by atoms with E-state index in [1.54, 1.807) is 12.1 Å². The van der Waals surface area contributed by atoms with Crippen LogP contribution in [0.5, 0.6) is 0 Å². The number of primary amides is 1. The van der Waals surface area contributed by atoms with Gasteiger partial charge in [-0.15, -0.1) is 0 Å². The van der Waals surface area contributed by atoms with Crippen LogP contribution < -0.4 is 11.1 Å².